The van der Waals surface area contributed by atoms with E-state index in [0.717, 1.165) is 6.42 Å². The third-order valence-corrected chi connectivity index (χ3v) is 4.77. The molecule has 0 aliphatic carbocycles. The molecule has 2 saturated heterocycles. The van der Waals surface area contributed by atoms with Crippen LogP contribution in [0.25, 0.3) is 0 Å². The number of carbonyl (C=O) groups is 2. The number of likely N-dealkylation sites (tertiary alicyclic amines) is 1. The topological polar surface area (TPSA) is 73.2 Å². The summed E-state index contributed by atoms with van der Waals surface area (Å²) in [4.78, 5) is 26.4. The summed E-state index contributed by atoms with van der Waals surface area (Å²) in [5.41, 5.74) is 0.687. The van der Waals surface area contributed by atoms with Crippen molar-refractivity contribution < 1.29 is 9.59 Å². The van der Waals surface area contributed by atoms with Gasteiger partial charge in [-0.1, -0.05) is 6.92 Å². The Bertz CT molecular complexity index is 632. The number of nitriles is 1. The van der Waals surface area contributed by atoms with Gasteiger partial charge >= 0.3 is 0 Å². The zero-order chi connectivity index (χ0) is 15.0. The van der Waals surface area contributed by atoms with Gasteiger partial charge in [-0.25, -0.2) is 0 Å². The predicted octanol–water partition coefficient (Wildman–Crippen LogP) is 1.16. The summed E-state index contributed by atoms with van der Waals surface area (Å²) in [5, 5.41) is 11.7. The van der Waals surface area contributed by atoms with Gasteiger partial charge in [-0.05, 0) is 36.6 Å². The van der Waals surface area contributed by atoms with E-state index in [9.17, 15) is 9.59 Å². The highest BCUT2D eigenvalue weighted by molar-refractivity contribution is 5.96. The summed E-state index contributed by atoms with van der Waals surface area (Å²) in [6, 6.07) is 8.67. The number of nitrogens with zero attached hydrogens (tertiary/aromatic N) is 2. The maximum Gasteiger partial charge on any atom is 0.253 e. The number of amides is 2. The first-order valence-corrected chi connectivity index (χ1v) is 7.14. The quantitative estimate of drug-likeness (QED) is 0.840. The molecule has 0 bridgehead atoms. The van der Waals surface area contributed by atoms with Crippen molar-refractivity contribution in [3.63, 3.8) is 0 Å². The lowest BCUT2D eigenvalue weighted by atomic mass is 9.78. The Balaban J connectivity index is 1.80. The Morgan fingerprint density at radius 3 is 2.71 bits per heavy atom. The van der Waals surface area contributed by atoms with E-state index in [1.54, 1.807) is 29.2 Å². The number of nitrogens with one attached hydrogen (secondary N) is 1. The van der Waals surface area contributed by atoms with Crippen molar-refractivity contribution in [2.75, 3.05) is 19.6 Å². The molecule has 2 aliphatic rings. The van der Waals surface area contributed by atoms with Gasteiger partial charge in [0.25, 0.3) is 5.91 Å². The van der Waals surface area contributed by atoms with Crippen LogP contribution in [0.15, 0.2) is 24.3 Å². The standard InChI is InChI=1S/C16H17N3O2/c1-11-9-19(10-16(11)6-7-18-15(16)21)14(20)13-4-2-12(8-17)3-5-13/h2-5,11H,6-7,9-10H2,1H3,(H,18,21)/t11-,16-/m1/s1. The zero-order valence-electron chi connectivity index (χ0n) is 11.9. The molecule has 5 nitrogen and oxygen atoms in total. The molecule has 108 valence electrons. The van der Waals surface area contributed by atoms with Crippen LogP contribution in [0.2, 0.25) is 0 Å². The molecule has 2 amide bonds. The molecule has 0 saturated carbocycles. The minimum Gasteiger partial charge on any atom is -0.356 e. The second-order valence-electron chi connectivity index (χ2n) is 5.94. The fourth-order valence-electron chi connectivity index (χ4n) is 3.40. The summed E-state index contributed by atoms with van der Waals surface area (Å²) < 4.78 is 0. The van der Waals surface area contributed by atoms with Gasteiger partial charge in [0.15, 0.2) is 0 Å². The normalized spacial score (nSPS) is 27.7. The Hall–Kier alpha value is -2.35. The summed E-state index contributed by atoms with van der Waals surface area (Å²) >= 11 is 0. The SMILES string of the molecule is C[C@@H]1CN(C(=O)c2ccc(C#N)cc2)C[C@]12CCNC2=O. The van der Waals surface area contributed by atoms with Gasteiger partial charge in [-0.3, -0.25) is 9.59 Å². The Morgan fingerprint density at radius 1 is 1.43 bits per heavy atom. The van der Waals surface area contributed by atoms with Crippen molar-refractivity contribution in [3.8, 4) is 6.07 Å². The first-order chi connectivity index (χ1) is 10.1. The lowest BCUT2D eigenvalue weighted by Gasteiger charge is -2.23. The van der Waals surface area contributed by atoms with E-state index < -0.39 is 5.41 Å². The zero-order valence-corrected chi connectivity index (χ0v) is 11.9. The highest BCUT2D eigenvalue weighted by Crippen LogP contribution is 2.42. The minimum atomic E-state index is -0.414. The molecule has 0 aromatic heterocycles. The molecule has 1 aromatic carbocycles. The second kappa shape index (κ2) is 4.88. The number of hydrogen-bond acceptors (Lipinski definition) is 3. The van der Waals surface area contributed by atoms with Crippen molar-refractivity contribution in [1.29, 1.82) is 5.26 Å². The van der Waals surface area contributed by atoms with E-state index in [4.69, 9.17) is 5.26 Å². The monoisotopic (exact) mass is 283 g/mol. The van der Waals surface area contributed by atoms with Crippen LogP contribution in [0.1, 0.15) is 29.3 Å². The van der Waals surface area contributed by atoms with Crippen LogP contribution in [0.5, 0.6) is 0 Å². The average Bonchev–Trinajstić information content (AvgIpc) is 3.04. The molecule has 1 aromatic rings. The smallest absolute Gasteiger partial charge is 0.253 e. The molecule has 0 radical (unpaired) electrons. The van der Waals surface area contributed by atoms with Gasteiger partial charge in [-0.15, -0.1) is 0 Å². The number of hydrogen-bond donors (Lipinski definition) is 1. The molecule has 3 rings (SSSR count). The fourth-order valence-corrected chi connectivity index (χ4v) is 3.40. The van der Waals surface area contributed by atoms with Gasteiger partial charge in [0, 0.05) is 25.2 Å². The van der Waals surface area contributed by atoms with Crippen LogP contribution < -0.4 is 5.32 Å². The van der Waals surface area contributed by atoms with Gasteiger partial charge in [0.05, 0.1) is 17.0 Å². The minimum absolute atomic E-state index is 0.0667. The van der Waals surface area contributed by atoms with E-state index >= 15 is 0 Å². The van der Waals surface area contributed by atoms with E-state index in [1.165, 1.54) is 0 Å². The van der Waals surface area contributed by atoms with Gasteiger partial charge in [-0.2, -0.15) is 5.26 Å². The summed E-state index contributed by atoms with van der Waals surface area (Å²) in [6.45, 7) is 3.82. The van der Waals surface area contributed by atoms with Crippen molar-refractivity contribution >= 4 is 11.8 Å². The summed E-state index contributed by atoms with van der Waals surface area (Å²) in [5.74, 6) is 0.176. The largest absolute Gasteiger partial charge is 0.356 e. The molecule has 1 N–H and O–H groups in total. The van der Waals surface area contributed by atoms with Gasteiger partial charge in [0.1, 0.15) is 0 Å². The lowest BCUT2D eigenvalue weighted by Crippen LogP contribution is -2.38. The van der Waals surface area contributed by atoms with Crippen LogP contribution in [0, 0.1) is 22.7 Å². The van der Waals surface area contributed by atoms with Crippen molar-refractivity contribution in [1.82, 2.24) is 10.2 Å². The highest BCUT2D eigenvalue weighted by Gasteiger charge is 2.53. The molecule has 21 heavy (non-hydrogen) atoms. The van der Waals surface area contributed by atoms with Crippen LogP contribution >= 0.6 is 0 Å². The van der Waals surface area contributed by atoms with Gasteiger partial charge < -0.3 is 10.2 Å². The lowest BCUT2D eigenvalue weighted by molar-refractivity contribution is -0.128. The maximum absolute atomic E-state index is 12.6. The van der Waals surface area contributed by atoms with E-state index in [-0.39, 0.29) is 17.7 Å². The van der Waals surface area contributed by atoms with Crippen molar-refractivity contribution in [2.45, 2.75) is 13.3 Å². The molecule has 2 heterocycles. The first kappa shape index (κ1) is 13.6. The third kappa shape index (κ3) is 2.07. The summed E-state index contributed by atoms with van der Waals surface area (Å²) in [6.07, 6.45) is 0.796. The second-order valence-corrected chi connectivity index (χ2v) is 5.94. The highest BCUT2D eigenvalue weighted by atomic mass is 16.2. The molecular weight excluding hydrogens is 266 g/mol. The van der Waals surface area contributed by atoms with Crippen molar-refractivity contribution in [2.24, 2.45) is 11.3 Å². The van der Waals surface area contributed by atoms with Crippen LogP contribution in [0.4, 0.5) is 0 Å². The van der Waals surface area contributed by atoms with E-state index in [2.05, 4.69) is 5.32 Å². The molecule has 2 atom stereocenters. The van der Waals surface area contributed by atoms with Crippen LogP contribution in [-0.4, -0.2) is 36.3 Å². The molecule has 2 aliphatic heterocycles. The van der Waals surface area contributed by atoms with Gasteiger partial charge in [0.2, 0.25) is 5.91 Å². The van der Waals surface area contributed by atoms with Crippen LogP contribution in [0.3, 0.4) is 0 Å². The fraction of sp³-hybridized carbons (Fsp3) is 0.438. The van der Waals surface area contributed by atoms with E-state index in [0.29, 0.717) is 30.8 Å². The molecule has 2 fully saturated rings. The average molecular weight is 283 g/mol. The molecule has 1 spiro atoms. The molecule has 0 unspecified atom stereocenters. The number of benzene rings is 1. The first-order valence-electron chi connectivity index (χ1n) is 7.14. The molecule has 5 heteroatoms. The number of rotatable bonds is 1. The maximum atomic E-state index is 12.6. The Kier molecular flexibility index (Phi) is 3.17. The Morgan fingerprint density at radius 2 is 2.14 bits per heavy atom. The van der Waals surface area contributed by atoms with Crippen molar-refractivity contribution in [3.05, 3.63) is 35.4 Å². The predicted molar refractivity (Wildman–Crippen MR) is 76.3 cm³/mol. The summed E-state index contributed by atoms with van der Waals surface area (Å²) in [7, 11) is 0. The number of carbonyl (C=O) groups excluding carboxylic acids is 2. The molecular formula is C16H17N3O2. The Labute approximate surface area is 123 Å². The van der Waals surface area contributed by atoms with E-state index in [1.807, 2.05) is 13.0 Å². The third-order valence-electron chi connectivity index (χ3n) is 4.77. The van der Waals surface area contributed by atoms with Crippen LogP contribution in [-0.2, 0) is 4.79 Å².